The highest BCUT2D eigenvalue weighted by atomic mass is 35.5. The highest BCUT2D eigenvalue weighted by Gasteiger charge is 2.34. The fourth-order valence-corrected chi connectivity index (χ4v) is 6.00. The molecule has 0 spiro atoms. The molecule has 1 unspecified atom stereocenters. The predicted octanol–water partition coefficient (Wildman–Crippen LogP) is 3.46. The SMILES string of the molecule is COc1cc(NC(=O)C2CCCN(S(=O)(=O)c3cccs3)C2)c(OC)cc1Cl. The van der Waals surface area contributed by atoms with E-state index in [1.807, 2.05) is 0 Å². The molecule has 0 aliphatic carbocycles. The lowest BCUT2D eigenvalue weighted by molar-refractivity contribution is -0.120. The third kappa shape index (κ3) is 4.27. The Morgan fingerprint density at radius 2 is 2.04 bits per heavy atom. The summed E-state index contributed by atoms with van der Waals surface area (Å²) < 4.78 is 37.6. The maximum absolute atomic E-state index is 12.8. The maximum atomic E-state index is 12.8. The zero-order chi connectivity index (χ0) is 20.3. The third-order valence-electron chi connectivity index (χ3n) is 4.58. The summed E-state index contributed by atoms with van der Waals surface area (Å²) in [6.07, 6.45) is 1.22. The van der Waals surface area contributed by atoms with Gasteiger partial charge in [-0.05, 0) is 24.3 Å². The van der Waals surface area contributed by atoms with Crippen molar-refractivity contribution in [2.45, 2.75) is 17.1 Å². The van der Waals surface area contributed by atoms with E-state index >= 15 is 0 Å². The normalized spacial score (nSPS) is 17.9. The summed E-state index contributed by atoms with van der Waals surface area (Å²) in [6.45, 7) is 0.543. The Hall–Kier alpha value is -1.81. The van der Waals surface area contributed by atoms with Gasteiger partial charge in [-0.15, -0.1) is 11.3 Å². The maximum Gasteiger partial charge on any atom is 0.252 e. The summed E-state index contributed by atoms with van der Waals surface area (Å²) in [5.74, 6) is 0.0740. The van der Waals surface area contributed by atoms with Crippen LogP contribution in [0.3, 0.4) is 0 Å². The molecule has 1 aromatic carbocycles. The molecular formula is C18H21ClN2O5S2. The second kappa shape index (κ2) is 8.69. The van der Waals surface area contributed by atoms with E-state index < -0.39 is 15.9 Å². The van der Waals surface area contributed by atoms with Crippen LogP contribution in [0.15, 0.2) is 33.9 Å². The number of halogens is 1. The molecule has 1 atom stereocenters. The number of sulfonamides is 1. The standard InChI is InChI=1S/C18H21ClN2O5S2/c1-25-15-10-14(16(26-2)9-13(15)19)20-18(22)12-5-3-7-21(11-12)28(23,24)17-6-4-8-27-17/h4,6,8-10,12H,3,5,7,11H2,1-2H3,(H,20,22). The van der Waals surface area contributed by atoms with Crippen LogP contribution in [0, 0.1) is 5.92 Å². The van der Waals surface area contributed by atoms with Crippen LogP contribution >= 0.6 is 22.9 Å². The lowest BCUT2D eigenvalue weighted by Crippen LogP contribution is -2.43. The number of carbonyl (C=O) groups is 1. The molecule has 1 amide bonds. The first-order valence-corrected chi connectivity index (χ1v) is 11.3. The van der Waals surface area contributed by atoms with Crippen LogP contribution in [0.25, 0.3) is 0 Å². The van der Waals surface area contributed by atoms with Crippen LogP contribution in [0.5, 0.6) is 11.5 Å². The van der Waals surface area contributed by atoms with Gasteiger partial charge >= 0.3 is 0 Å². The van der Waals surface area contributed by atoms with Crippen molar-refractivity contribution in [1.29, 1.82) is 0 Å². The minimum Gasteiger partial charge on any atom is -0.495 e. The van der Waals surface area contributed by atoms with Crippen LogP contribution in [0.1, 0.15) is 12.8 Å². The van der Waals surface area contributed by atoms with Crippen molar-refractivity contribution in [2.24, 2.45) is 5.92 Å². The fourth-order valence-electron chi connectivity index (χ4n) is 3.11. The zero-order valence-corrected chi connectivity index (χ0v) is 17.9. The predicted molar refractivity (Wildman–Crippen MR) is 109 cm³/mol. The Morgan fingerprint density at radius 1 is 1.29 bits per heavy atom. The van der Waals surface area contributed by atoms with Gasteiger partial charge in [0.2, 0.25) is 5.91 Å². The Balaban J connectivity index is 1.76. The molecule has 7 nitrogen and oxygen atoms in total. The summed E-state index contributed by atoms with van der Waals surface area (Å²) in [4.78, 5) is 12.8. The van der Waals surface area contributed by atoms with E-state index in [1.54, 1.807) is 29.6 Å². The smallest absolute Gasteiger partial charge is 0.252 e. The molecule has 0 bridgehead atoms. The number of benzene rings is 1. The molecule has 1 aliphatic heterocycles. The molecule has 3 rings (SSSR count). The number of rotatable bonds is 6. The van der Waals surface area contributed by atoms with Gasteiger partial charge in [-0.3, -0.25) is 4.79 Å². The number of thiophene rings is 1. The minimum atomic E-state index is -3.58. The van der Waals surface area contributed by atoms with Gasteiger partial charge < -0.3 is 14.8 Å². The van der Waals surface area contributed by atoms with Crippen molar-refractivity contribution < 1.29 is 22.7 Å². The number of amides is 1. The molecule has 0 radical (unpaired) electrons. The van der Waals surface area contributed by atoms with E-state index in [1.165, 1.54) is 29.9 Å². The second-order valence-corrected chi connectivity index (χ2v) is 9.83. The van der Waals surface area contributed by atoms with Crippen LogP contribution in [0.2, 0.25) is 5.02 Å². The molecule has 10 heteroatoms. The number of piperidine rings is 1. The monoisotopic (exact) mass is 444 g/mol. The Bertz CT molecular complexity index is 947. The van der Waals surface area contributed by atoms with Gasteiger partial charge in [0, 0.05) is 25.2 Å². The molecule has 2 heterocycles. The van der Waals surface area contributed by atoms with Gasteiger partial charge in [-0.1, -0.05) is 17.7 Å². The van der Waals surface area contributed by atoms with E-state index in [0.29, 0.717) is 41.6 Å². The first-order chi connectivity index (χ1) is 13.4. The molecule has 1 aromatic heterocycles. The molecule has 1 aliphatic rings. The first kappa shape index (κ1) is 20.9. The number of carbonyl (C=O) groups excluding carboxylic acids is 1. The van der Waals surface area contributed by atoms with Gasteiger partial charge in [0.25, 0.3) is 10.0 Å². The summed E-state index contributed by atoms with van der Waals surface area (Å²) in [6, 6.07) is 6.42. The summed E-state index contributed by atoms with van der Waals surface area (Å²) in [5, 5.41) is 4.91. The largest absolute Gasteiger partial charge is 0.495 e. The molecule has 0 saturated carbocycles. The average Bonchev–Trinajstić information content (AvgIpc) is 3.24. The van der Waals surface area contributed by atoms with Gasteiger partial charge in [0.05, 0.1) is 30.8 Å². The number of hydrogen-bond donors (Lipinski definition) is 1. The van der Waals surface area contributed by atoms with E-state index in [4.69, 9.17) is 21.1 Å². The van der Waals surface area contributed by atoms with Crippen LogP contribution < -0.4 is 14.8 Å². The molecular weight excluding hydrogens is 424 g/mol. The van der Waals surface area contributed by atoms with Gasteiger partial charge in [0.15, 0.2) is 0 Å². The lowest BCUT2D eigenvalue weighted by Gasteiger charge is -2.31. The average molecular weight is 445 g/mol. The van der Waals surface area contributed by atoms with Crippen molar-refractivity contribution in [3.63, 3.8) is 0 Å². The van der Waals surface area contributed by atoms with Crippen molar-refractivity contribution in [3.8, 4) is 11.5 Å². The van der Waals surface area contributed by atoms with Crippen molar-refractivity contribution >= 4 is 44.6 Å². The van der Waals surface area contributed by atoms with Crippen molar-refractivity contribution in [3.05, 3.63) is 34.7 Å². The zero-order valence-electron chi connectivity index (χ0n) is 15.5. The van der Waals surface area contributed by atoms with Gasteiger partial charge in [0.1, 0.15) is 15.7 Å². The molecule has 1 N–H and O–H groups in total. The third-order valence-corrected chi connectivity index (χ3v) is 8.11. The molecule has 1 fully saturated rings. The number of methoxy groups -OCH3 is 2. The van der Waals surface area contributed by atoms with E-state index in [9.17, 15) is 13.2 Å². The van der Waals surface area contributed by atoms with E-state index in [2.05, 4.69) is 5.32 Å². The van der Waals surface area contributed by atoms with E-state index in [0.717, 1.165) is 0 Å². The summed E-state index contributed by atoms with van der Waals surface area (Å²) in [7, 11) is -0.622. The summed E-state index contributed by atoms with van der Waals surface area (Å²) in [5.41, 5.74) is 0.423. The Morgan fingerprint density at radius 3 is 2.68 bits per heavy atom. The van der Waals surface area contributed by atoms with Crippen LogP contribution in [-0.4, -0.2) is 45.9 Å². The minimum absolute atomic E-state index is 0.138. The molecule has 2 aromatic rings. The Kier molecular flexibility index (Phi) is 6.49. The molecule has 1 saturated heterocycles. The summed E-state index contributed by atoms with van der Waals surface area (Å²) >= 11 is 7.27. The number of anilines is 1. The highest BCUT2D eigenvalue weighted by molar-refractivity contribution is 7.91. The lowest BCUT2D eigenvalue weighted by atomic mass is 9.98. The van der Waals surface area contributed by atoms with Crippen molar-refractivity contribution in [1.82, 2.24) is 4.31 Å². The highest BCUT2D eigenvalue weighted by Crippen LogP contribution is 2.36. The Labute approximate surface area is 173 Å². The van der Waals surface area contributed by atoms with Gasteiger partial charge in [-0.25, -0.2) is 8.42 Å². The second-order valence-electron chi connectivity index (χ2n) is 6.31. The van der Waals surface area contributed by atoms with Gasteiger partial charge in [-0.2, -0.15) is 4.31 Å². The molecule has 28 heavy (non-hydrogen) atoms. The van der Waals surface area contributed by atoms with Crippen LogP contribution in [0.4, 0.5) is 5.69 Å². The number of hydrogen-bond acceptors (Lipinski definition) is 6. The number of nitrogens with one attached hydrogen (secondary N) is 1. The number of nitrogens with zero attached hydrogens (tertiary/aromatic N) is 1. The van der Waals surface area contributed by atoms with Crippen molar-refractivity contribution in [2.75, 3.05) is 32.6 Å². The van der Waals surface area contributed by atoms with Crippen LogP contribution in [-0.2, 0) is 14.8 Å². The van der Waals surface area contributed by atoms with E-state index in [-0.39, 0.29) is 16.7 Å². The first-order valence-electron chi connectivity index (χ1n) is 8.63. The number of ether oxygens (including phenoxy) is 2. The quantitative estimate of drug-likeness (QED) is 0.737. The molecule has 152 valence electrons. The topological polar surface area (TPSA) is 84.9 Å². The fraction of sp³-hybridized carbons (Fsp3) is 0.389.